The third-order valence-electron chi connectivity index (χ3n) is 6.39. The molecule has 2 aliphatic carbocycles. The molecular weight excluding hydrogens is 284 g/mol. The molecule has 4 rings (SSSR count). The smallest absolute Gasteiger partial charge is 0.118 e. The first-order valence-electron chi connectivity index (χ1n) is 8.53. The summed E-state index contributed by atoms with van der Waals surface area (Å²) in [7, 11) is 3.46. The predicted octanol–water partition coefficient (Wildman–Crippen LogP) is 4.86. The number of fused-ring (bicyclic) bond motifs is 1. The Labute approximate surface area is 138 Å². The lowest BCUT2D eigenvalue weighted by molar-refractivity contribution is 0.107. The summed E-state index contributed by atoms with van der Waals surface area (Å²) in [5.41, 5.74) is 3.59. The minimum atomic E-state index is 0.313. The Bertz CT molecular complexity index is 627. The third kappa shape index (κ3) is 1.94. The average Bonchev–Trinajstić information content (AvgIpc) is 2.87. The summed E-state index contributed by atoms with van der Waals surface area (Å²) in [6.45, 7) is 0. The van der Waals surface area contributed by atoms with E-state index in [1.54, 1.807) is 14.2 Å². The van der Waals surface area contributed by atoms with Crippen molar-refractivity contribution in [2.75, 3.05) is 14.2 Å². The van der Waals surface area contributed by atoms with Gasteiger partial charge in [-0.2, -0.15) is 0 Å². The lowest BCUT2D eigenvalue weighted by Crippen LogP contribution is -2.54. The van der Waals surface area contributed by atoms with E-state index in [1.807, 2.05) is 0 Å². The molecule has 2 aliphatic rings. The summed E-state index contributed by atoms with van der Waals surface area (Å²) in [6.07, 6.45) is 6.51. The molecule has 120 valence electrons. The first-order chi connectivity index (χ1) is 11.2. The van der Waals surface area contributed by atoms with Gasteiger partial charge in [0.2, 0.25) is 0 Å². The molecule has 0 bridgehead atoms. The maximum atomic E-state index is 5.33. The molecule has 2 heteroatoms. The van der Waals surface area contributed by atoms with E-state index in [0.29, 0.717) is 10.8 Å². The van der Waals surface area contributed by atoms with Crippen LogP contribution in [0.4, 0.5) is 0 Å². The highest BCUT2D eigenvalue weighted by molar-refractivity contribution is 5.47. The van der Waals surface area contributed by atoms with Crippen LogP contribution in [0.15, 0.2) is 48.5 Å². The number of rotatable bonds is 4. The Kier molecular flexibility index (Phi) is 3.37. The van der Waals surface area contributed by atoms with Crippen LogP contribution >= 0.6 is 0 Å². The topological polar surface area (TPSA) is 18.5 Å². The zero-order chi connectivity index (χ0) is 15.9. The number of benzene rings is 2. The molecule has 0 saturated heterocycles. The van der Waals surface area contributed by atoms with E-state index in [-0.39, 0.29) is 0 Å². The van der Waals surface area contributed by atoms with Gasteiger partial charge in [0, 0.05) is 10.8 Å². The predicted molar refractivity (Wildman–Crippen MR) is 92.4 cm³/mol. The molecule has 0 N–H and O–H groups in total. The highest BCUT2D eigenvalue weighted by Crippen LogP contribution is 2.67. The number of ether oxygens (including phenoxy) is 2. The van der Waals surface area contributed by atoms with Crippen molar-refractivity contribution in [2.24, 2.45) is 0 Å². The van der Waals surface area contributed by atoms with E-state index in [0.717, 1.165) is 11.5 Å². The van der Waals surface area contributed by atoms with E-state index in [1.165, 1.54) is 43.2 Å². The Balaban J connectivity index is 1.74. The fraction of sp³-hybridized carbons (Fsp3) is 0.429. The maximum absolute atomic E-state index is 5.33. The first-order valence-corrected chi connectivity index (χ1v) is 8.53. The van der Waals surface area contributed by atoms with Gasteiger partial charge >= 0.3 is 0 Å². The fourth-order valence-corrected chi connectivity index (χ4v) is 5.10. The van der Waals surface area contributed by atoms with Crippen molar-refractivity contribution in [3.8, 4) is 11.5 Å². The second kappa shape index (κ2) is 5.30. The van der Waals surface area contributed by atoms with E-state index in [2.05, 4.69) is 48.5 Å². The zero-order valence-electron chi connectivity index (χ0n) is 14.0. The molecular formula is C21H24O2. The summed E-state index contributed by atoms with van der Waals surface area (Å²) in [5, 5.41) is 0. The van der Waals surface area contributed by atoms with Gasteiger partial charge in [0.25, 0.3) is 0 Å². The summed E-state index contributed by atoms with van der Waals surface area (Å²) < 4.78 is 10.7. The van der Waals surface area contributed by atoms with Crippen molar-refractivity contribution in [2.45, 2.75) is 42.9 Å². The van der Waals surface area contributed by atoms with Gasteiger partial charge in [0.1, 0.15) is 11.5 Å². The van der Waals surface area contributed by atoms with E-state index in [4.69, 9.17) is 9.47 Å². The lowest BCUT2D eigenvalue weighted by Gasteiger charge is -2.57. The molecule has 0 aliphatic heterocycles. The Morgan fingerprint density at radius 1 is 0.609 bits per heavy atom. The molecule has 2 saturated carbocycles. The number of methoxy groups -OCH3 is 2. The molecule has 0 aromatic heterocycles. The van der Waals surface area contributed by atoms with Crippen molar-refractivity contribution in [1.82, 2.24) is 0 Å². The van der Waals surface area contributed by atoms with Crippen molar-refractivity contribution >= 4 is 0 Å². The van der Waals surface area contributed by atoms with Gasteiger partial charge in [-0.15, -0.1) is 0 Å². The van der Waals surface area contributed by atoms with Gasteiger partial charge in [0.15, 0.2) is 0 Å². The van der Waals surface area contributed by atoms with Gasteiger partial charge in [-0.1, -0.05) is 30.7 Å². The standard InChI is InChI=1S/C21H24O2/c1-22-18-8-4-16(5-9-18)20-12-3-13-21(20,15-14-20)17-6-10-19(23-2)11-7-17/h4-11H,3,12-15H2,1-2H3/t20-,21+. The van der Waals surface area contributed by atoms with Crippen LogP contribution in [0.2, 0.25) is 0 Å². The van der Waals surface area contributed by atoms with Crippen molar-refractivity contribution in [1.29, 1.82) is 0 Å². The van der Waals surface area contributed by atoms with Crippen LogP contribution in [0, 0.1) is 0 Å². The third-order valence-corrected chi connectivity index (χ3v) is 6.39. The molecule has 2 aromatic carbocycles. The average molecular weight is 308 g/mol. The largest absolute Gasteiger partial charge is 0.497 e. The molecule has 2 aromatic rings. The summed E-state index contributed by atoms with van der Waals surface area (Å²) >= 11 is 0. The monoisotopic (exact) mass is 308 g/mol. The number of hydrogen-bond donors (Lipinski definition) is 0. The minimum Gasteiger partial charge on any atom is -0.497 e. The quantitative estimate of drug-likeness (QED) is 0.803. The Hall–Kier alpha value is -1.96. The zero-order valence-corrected chi connectivity index (χ0v) is 14.0. The molecule has 0 spiro atoms. The van der Waals surface area contributed by atoms with Crippen molar-refractivity contribution < 1.29 is 9.47 Å². The summed E-state index contributed by atoms with van der Waals surface area (Å²) in [5.74, 6) is 1.88. The molecule has 2 nitrogen and oxygen atoms in total. The van der Waals surface area contributed by atoms with Crippen LogP contribution in [0.1, 0.15) is 43.2 Å². The van der Waals surface area contributed by atoms with E-state index in [9.17, 15) is 0 Å². The van der Waals surface area contributed by atoms with Gasteiger partial charge in [-0.3, -0.25) is 0 Å². The Morgan fingerprint density at radius 2 is 1.00 bits per heavy atom. The highest BCUT2D eigenvalue weighted by Gasteiger charge is 2.62. The van der Waals surface area contributed by atoms with E-state index >= 15 is 0 Å². The van der Waals surface area contributed by atoms with Gasteiger partial charge in [0.05, 0.1) is 14.2 Å². The van der Waals surface area contributed by atoms with Gasteiger partial charge in [-0.05, 0) is 61.1 Å². The van der Waals surface area contributed by atoms with Crippen molar-refractivity contribution in [3.63, 3.8) is 0 Å². The molecule has 2 atom stereocenters. The first kappa shape index (κ1) is 14.6. The molecule has 0 unspecified atom stereocenters. The van der Waals surface area contributed by atoms with Crippen LogP contribution in [-0.2, 0) is 10.8 Å². The summed E-state index contributed by atoms with van der Waals surface area (Å²) in [6, 6.07) is 17.6. The fourth-order valence-electron chi connectivity index (χ4n) is 5.10. The second-order valence-electron chi connectivity index (χ2n) is 6.97. The van der Waals surface area contributed by atoms with Gasteiger partial charge in [-0.25, -0.2) is 0 Å². The van der Waals surface area contributed by atoms with Crippen LogP contribution in [-0.4, -0.2) is 14.2 Å². The lowest BCUT2D eigenvalue weighted by atomic mass is 9.46. The van der Waals surface area contributed by atoms with Crippen molar-refractivity contribution in [3.05, 3.63) is 59.7 Å². The second-order valence-corrected chi connectivity index (χ2v) is 6.97. The van der Waals surface area contributed by atoms with E-state index < -0.39 is 0 Å². The maximum Gasteiger partial charge on any atom is 0.118 e. The van der Waals surface area contributed by atoms with Crippen LogP contribution < -0.4 is 9.47 Å². The highest BCUT2D eigenvalue weighted by atomic mass is 16.5. The Morgan fingerprint density at radius 3 is 1.30 bits per heavy atom. The van der Waals surface area contributed by atoms with Crippen LogP contribution in [0.25, 0.3) is 0 Å². The molecule has 2 fully saturated rings. The molecule has 0 radical (unpaired) electrons. The molecule has 0 heterocycles. The molecule has 0 amide bonds. The summed E-state index contributed by atoms with van der Waals surface area (Å²) in [4.78, 5) is 0. The van der Waals surface area contributed by atoms with Crippen LogP contribution in [0.5, 0.6) is 11.5 Å². The van der Waals surface area contributed by atoms with Gasteiger partial charge < -0.3 is 9.47 Å². The number of hydrogen-bond acceptors (Lipinski definition) is 2. The minimum absolute atomic E-state index is 0.313. The molecule has 23 heavy (non-hydrogen) atoms. The SMILES string of the molecule is COc1ccc([C@@]23CCC[C@]2(c2ccc(OC)cc2)CC3)cc1. The van der Waals surface area contributed by atoms with Crippen LogP contribution in [0.3, 0.4) is 0 Å². The normalized spacial score (nSPS) is 28.8.